The molecule has 0 aromatic heterocycles. The SMILES string of the molecule is CN(C)S(=O)(=O)Nc1ccccc1N1CCOCC1. The zero-order chi connectivity index (χ0) is 13.9. The van der Waals surface area contributed by atoms with Crippen molar-refractivity contribution in [2.24, 2.45) is 0 Å². The zero-order valence-corrected chi connectivity index (χ0v) is 12.0. The predicted octanol–water partition coefficient (Wildman–Crippen LogP) is 0.741. The molecule has 0 saturated carbocycles. The van der Waals surface area contributed by atoms with Crippen molar-refractivity contribution in [3.63, 3.8) is 0 Å². The van der Waals surface area contributed by atoms with Crippen LogP contribution >= 0.6 is 0 Å². The monoisotopic (exact) mass is 285 g/mol. The first kappa shape index (κ1) is 14.1. The minimum atomic E-state index is -3.49. The van der Waals surface area contributed by atoms with Gasteiger partial charge >= 0.3 is 10.2 Å². The average Bonchev–Trinajstić information content (AvgIpc) is 2.40. The number of rotatable bonds is 4. The van der Waals surface area contributed by atoms with Crippen LogP contribution in [0.2, 0.25) is 0 Å². The Morgan fingerprint density at radius 2 is 1.84 bits per heavy atom. The van der Waals surface area contributed by atoms with Gasteiger partial charge in [-0.25, -0.2) is 0 Å². The molecule has 6 nitrogen and oxygen atoms in total. The van der Waals surface area contributed by atoms with Crippen molar-refractivity contribution < 1.29 is 13.2 Å². The molecular weight excluding hydrogens is 266 g/mol. The van der Waals surface area contributed by atoms with Crippen molar-refractivity contribution in [1.82, 2.24) is 4.31 Å². The largest absolute Gasteiger partial charge is 0.378 e. The minimum absolute atomic E-state index is 0.595. The summed E-state index contributed by atoms with van der Waals surface area (Å²) in [4.78, 5) is 2.12. The number of para-hydroxylation sites is 2. The summed E-state index contributed by atoms with van der Waals surface area (Å²) in [5.74, 6) is 0. The molecule has 1 aliphatic rings. The van der Waals surface area contributed by atoms with Gasteiger partial charge in [-0.1, -0.05) is 12.1 Å². The third kappa shape index (κ3) is 3.37. The Bertz CT molecular complexity index is 525. The Hall–Kier alpha value is -1.31. The highest BCUT2D eigenvalue weighted by Crippen LogP contribution is 2.27. The van der Waals surface area contributed by atoms with E-state index in [9.17, 15) is 8.42 Å². The summed E-state index contributed by atoms with van der Waals surface area (Å²) in [5.41, 5.74) is 1.48. The molecule has 0 spiro atoms. The summed E-state index contributed by atoms with van der Waals surface area (Å²) in [5, 5.41) is 0. The molecule has 0 atom stereocenters. The number of morpholine rings is 1. The van der Waals surface area contributed by atoms with Crippen LogP contribution in [0.3, 0.4) is 0 Å². The minimum Gasteiger partial charge on any atom is -0.378 e. The number of nitrogens with one attached hydrogen (secondary N) is 1. The lowest BCUT2D eigenvalue weighted by Crippen LogP contribution is -2.37. The lowest BCUT2D eigenvalue weighted by molar-refractivity contribution is 0.123. The van der Waals surface area contributed by atoms with Gasteiger partial charge in [0.1, 0.15) is 0 Å². The van der Waals surface area contributed by atoms with E-state index >= 15 is 0 Å². The van der Waals surface area contributed by atoms with Crippen LogP contribution in [0.4, 0.5) is 11.4 Å². The van der Waals surface area contributed by atoms with Gasteiger partial charge in [0.25, 0.3) is 0 Å². The van der Waals surface area contributed by atoms with E-state index in [0.29, 0.717) is 18.9 Å². The van der Waals surface area contributed by atoms with Crippen molar-refractivity contribution >= 4 is 21.6 Å². The fourth-order valence-electron chi connectivity index (χ4n) is 1.87. The number of anilines is 2. The van der Waals surface area contributed by atoms with E-state index in [2.05, 4.69) is 9.62 Å². The summed E-state index contributed by atoms with van der Waals surface area (Å²) < 4.78 is 32.9. The van der Waals surface area contributed by atoms with Crippen LogP contribution in [0.25, 0.3) is 0 Å². The normalized spacial score (nSPS) is 16.7. The van der Waals surface area contributed by atoms with E-state index in [1.807, 2.05) is 18.2 Å². The molecule has 1 saturated heterocycles. The van der Waals surface area contributed by atoms with Gasteiger partial charge in [0.05, 0.1) is 24.6 Å². The number of hydrogen-bond acceptors (Lipinski definition) is 4. The fraction of sp³-hybridized carbons (Fsp3) is 0.500. The van der Waals surface area contributed by atoms with Crippen molar-refractivity contribution in [1.29, 1.82) is 0 Å². The van der Waals surface area contributed by atoms with Crippen LogP contribution in [0, 0.1) is 0 Å². The molecule has 7 heteroatoms. The molecular formula is C12H19N3O3S. The molecule has 1 N–H and O–H groups in total. The maximum atomic E-state index is 11.9. The second kappa shape index (κ2) is 5.77. The fourth-order valence-corrected chi connectivity index (χ4v) is 2.50. The molecule has 0 bridgehead atoms. The van der Waals surface area contributed by atoms with E-state index in [4.69, 9.17) is 4.74 Å². The summed E-state index contributed by atoms with van der Waals surface area (Å²) in [6.07, 6.45) is 0. The standard InChI is InChI=1S/C12H19N3O3S/c1-14(2)19(16,17)13-11-5-3-4-6-12(11)15-7-9-18-10-8-15/h3-6,13H,7-10H2,1-2H3. The molecule has 1 aliphatic heterocycles. The van der Waals surface area contributed by atoms with Crippen LogP contribution in [0.1, 0.15) is 0 Å². The number of hydrogen-bond donors (Lipinski definition) is 1. The molecule has 1 aromatic rings. The van der Waals surface area contributed by atoms with Gasteiger partial charge in [-0.05, 0) is 12.1 Å². The second-order valence-corrected chi connectivity index (χ2v) is 6.39. The molecule has 1 fully saturated rings. The van der Waals surface area contributed by atoms with Gasteiger partial charge in [0.2, 0.25) is 0 Å². The molecule has 1 heterocycles. The van der Waals surface area contributed by atoms with Gasteiger partial charge in [-0.15, -0.1) is 0 Å². The van der Waals surface area contributed by atoms with Crippen LogP contribution in [-0.4, -0.2) is 53.1 Å². The number of benzene rings is 1. The Morgan fingerprint density at radius 3 is 2.47 bits per heavy atom. The number of ether oxygens (including phenoxy) is 1. The van der Waals surface area contributed by atoms with Crippen molar-refractivity contribution in [3.8, 4) is 0 Å². The molecule has 0 amide bonds. The van der Waals surface area contributed by atoms with Gasteiger partial charge in [-0.3, -0.25) is 4.72 Å². The van der Waals surface area contributed by atoms with E-state index in [0.717, 1.165) is 23.1 Å². The number of nitrogens with zero attached hydrogens (tertiary/aromatic N) is 2. The quantitative estimate of drug-likeness (QED) is 0.886. The topological polar surface area (TPSA) is 61.9 Å². The second-order valence-electron chi connectivity index (χ2n) is 4.51. The van der Waals surface area contributed by atoms with E-state index in [1.54, 1.807) is 6.07 Å². The highest BCUT2D eigenvalue weighted by Gasteiger charge is 2.19. The van der Waals surface area contributed by atoms with Gasteiger partial charge in [-0.2, -0.15) is 12.7 Å². The van der Waals surface area contributed by atoms with Crippen LogP contribution < -0.4 is 9.62 Å². The summed E-state index contributed by atoms with van der Waals surface area (Å²) in [7, 11) is -0.488. The van der Waals surface area contributed by atoms with Crippen LogP contribution in [0.5, 0.6) is 0 Å². The average molecular weight is 285 g/mol. The highest BCUT2D eigenvalue weighted by atomic mass is 32.2. The lowest BCUT2D eigenvalue weighted by atomic mass is 10.2. The van der Waals surface area contributed by atoms with Crippen molar-refractivity contribution in [2.45, 2.75) is 0 Å². The van der Waals surface area contributed by atoms with Gasteiger partial charge < -0.3 is 9.64 Å². The first-order chi connectivity index (χ1) is 9.00. The molecule has 0 aliphatic carbocycles. The first-order valence-electron chi connectivity index (χ1n) is 6.13. The zero-order valence-electron chi connectivity index (χ0n) is 11.2. The van der Waals surface area contributed by atoms with E-state index in [-0.39, 0.29) is 0 Å². The Balaban J connectivity index is 2.26. The third-order valence-electron chi connectivity index (χ3n) is 2.98. The third-order valence-corrected chi connectivity index (χ3v) is 4.41. The molecule has 19 heavy (non-hydrogen) atoms. The maximum absolute atomic E-state index is 11.9. The van der Waals surface area contributed by atoms with Crippen molar-refractivity contribution in [3.05, 3.63) is 24.3 Å². The molecule has 2 rings (SSSR count). The Labute approximate surface area is 114 Å². The highest BCUT2D eigenvalue weighted by molar-refractivity contribution is 7.90. The predicted molar refractivity (Wildman–Crippen MR) is 75.7 cm³/mol. The van der Waals surface area contributed by atoms with Crippen LogP contribution in [-0.2, 0) is 14.9 Å². The Morgan fingerprint density at radius 1 is 1.21 bits per heavy atom. The summed E-state index contributed by atoms with van der Waals surface area (Å²) in [6.45, 7) is 2.85. The smallest absolute Gasteiger partial charge is 0.301 e. The molecule has 1 aromatic carbocycles. The van der Waals surface area contributed by atoms with E-state index in [1.165, 1.54) is 14.1 Å². The molecule has 106 valence electrons. The van der Waals surface area contributed by atoms with Crippen LogP contribution in [0.15, 0.2) is 24.3 Å². The maximum Gasteiger partial charge on any atom is 0.301 e. The van der Waals surface area contributed by atoms with Gasteiger partial charge in [0, 0.05) is 27.2 Å². The van der Waals surface area contributed by atoms with E-state index < -0.39 is 10.2 Å². The summed E-state index contributed by atoms with van der Waals surface area (Å²) >= 11 is 0. The van der Waals surface area contributed by atoms with Gasteiger partial charge in [0.15, 0.2) is 0 Å². The lowest BCUT2D eigenvalue weighted by Gasteiger charge is -2.30. The molecule has 0 unspecified atom stereocenters. The molecule has 0 radical (unpaired) electrons. The Kier molecular flexibility index (Phi) is 4.28. The first-order valence-corrected chi connectivity index (χ1v) is 7.57. The summed E-state index contributed by atoms with van der Waals surface area (Å²) in [6, 6.07) is 7.40. The van der Waals surface area contributed by atoms with Crippen molar-refractivity contribution in [2.75, 3.05) is 50.0 Å².